The molecule has 0 unspecified atom stereocenters. The molecule has 0 fully saturated rings. The van der Waals surface area contributed by atoms with Crippen LogP contribution in [0.1, 0.15) is 23.1 Å². The Balaban J connectivity index is 2.35. The van der Waals surface area contributed by atoms with Crippen LogP contribution < -0.4 is 11.1 Å². The zero-order chi connectivity index (χ0) is 14.9. The van der Waals surface area contributed by atoms with E-state index < -0.39 is 11.7 Å². The van der Waals surface area contributed by atoms with Crippen molar-refractivity contribution in [2.24, 2.45) is 0 Å². The molecule has 2 rings (SSSR count). The van der Waals surface area contributed by atoms with E-state index >= 15 is 0 Å². The van der Waals surface area contributed by atoms with Gasteiger partial charge >= 0.3 is 0 Å². The summed E-state index contributed by atoms with van der Waals surface area (Å²) in [7, 11) is 0. The second-order valence-electron chi connectivity index (χ2n) is 4.24. The van der Waals surface area contributed by atoms with Crippen molar-refractivity contribution >= 4 is 28.9 Å². The molecule has 5 nitrogen and oxygen atoms in total. The van der Waals surface area contributed by atoms with Gasteiger partial charge in [-0.1, -0.05) is 11.6 Å². The summed E-state index contributed by atoms with van der Waals surface area (Å²) < 4.78 is 15.1. The molecule has 20 heavy (non-hydrogen) atoms. The first-order valence-electron chi connectivity index (χ1n) is 6.03. The monoisotopic (exact) mass is 296 g/mol. The van der Waals surface area contributed by atoms with Gasteiger partial charge < -0.3 is 11.1 Å². The number of hydrogen-bond donors (Lipinski definition) is 2. The summed E-state index contributed by atoms with van der Waals surface area (Å²) in [4.78, 5) is 12.2. The van der Waals surface area contributed by atoms with Crippen molar-refractivity contribution in [2.75, 3.05) is 11.1 Å². The van der Waals surface area contributed by atoms with Gasteiger partial charge in [-0.25, -0.2) is 4.39 Å². The van der Waals surface area contributed by atoms with Crippen LogP contribution in [0.2, 0.25) is 5.02 Å². The Hall–Kier alpha value is -2.08. The molecule has 0 radical (unpaired) electrons. The third-order valence-corrected chi connectivity index (χ3v) is 3.10. The summed E-state index contributed by atoms with van der Waals surface area (Å²) in [6, 6.07) is 3.93. The van der Waals surface area contributed by atoms with Crippen LogP contribution >= 0.6 is 11.6 Å². The SMILES string of the molecule is CCn1nc(C)c(N)c1C(=O)Nc1cc(Cl)ccc1F. The number of aryl methyl sites for hydroxylation is 2. The predicted molar refractivity (Wildman–Crippen MR) is 76.4 cm³/mol. The van der Waals surface area contributed by atoms with Gasteiger partial charge in [-0.05, 0) is 32.0 Å². The second-order valence-corrected chi connectivity index (χ2v) is 4.68. The molecule has 0 bridgehead atoms. The molecule has 0 aliphatic carbocycles. The van der Waals surface area contributed by atoms with E-state index in [2.05, 4.69) is 10.4 Å². The number of aromatic nitrogens is 2. The van der Waals surface area contributed by atoms with Crippen molar-refractivity contribution in [3.63, 3.8) is 0 Å². The van der Waals surface area contributed by atoms with E-state index in [1.54, 1.807) is 6.92 Å². The van der Waals surface area contributed by atoms with Gasteiger partial charge in [-0.15, -0.1) is 0 Å². The molecule has 7 heteroatoms. The van der Waals surface area contributed by atoms with E-state index in [4.69, 9.17) is 17.3 Å². The first-order chi connectivity index (χ1) is 9.43. The number of anilines is 2. The van der Waals surface area contributed by atoms with Gasteiger partial charge in [0, 0.05) is 11.6 Å². The number of nitrogens with two attached hydrogens (primary N) is 1. The Kier molecular flexibility index (Phi) is 3.94. The summed E-state index contributed by atoms with van der Waals surface area (Å²) in [6.45, 7) is 4.03. The number of carbonyl (C=O) groups is 1. The van der Waals surface area contributed by atoms with E-state index in [1.165, 1.54) is 22.9 Å². The lowest BCUT2D eigenvalue weighted by atomic mass is 10.2. The summed E-state index contributed by atoms with van der Waals surface area (Å²) in [6.07, 6.45) is 0. The Morgan fingerprint density at radius 3 is 2.90 bits per heavy atom. The largest absolute Gasteiger partial charge is 0.395 e. The molecule has 1 amide bonds. The fourth-order valence-electron chi connectivity index (χ4n) is 1.84. The molecule has 0 spiro atoms. The van der Waals surface area contributed by atoms with Crippen LogP contribution in [-0.4, -0.2) is 15.7 Å². The first kappa shape index (κ1) is 14.3. The van der Waals surface area contributed by atoms with Crippen molar-refractivity contribution in [3.05, 3.63) is 40.4 Å². The average Bonchev–Trinajstić information content (AvgIpc) is 2.69. The number of nitrogen functional groups attached to an aromatic ring is 1. The minimum atomic E-state index is -0.569. The number of benzene rings is 1. The third-order valence-electron chi connectivity index (χ3n) is 2.86. The molecular formula is C13H14ClFN4O. The van der Waals surface area contributed by atoms with Gasteiger partial charge in [0.05, 0.1) is 17.1 Å². The number of rotatable bonds is 3. The molecule has 0 aliphatic heterocycles. The minimum absolute atomic E-state index is 0.00315. The number of nitrogens with zero attached hydrogens (tertiary/aromatic N) is 2. The Bertz CT molecular complexity index is 669. The maximum atomic E-state index is 13.6. The van der Waals surface area contributed by atoms with E-state index in [-0.39, 0.29) is 17.1 Å². The number of amides is 1. The summed E-state index contributed by atoms with van der Waals surface area (Å²) >= 11 is 5.78. The molecule has 1 heterocycles. The fraction of sp³-hybridized carbons (Fsp3) is 0.231. The molecule has 0 atom stereocenters. The molecule has 0 saturated heterocycles. The van der Waals surface area contributed by atoms with Crippen LogP contribution in [0.3, 0.4) is 0 Å². The van der Waals surface area contributed by atoms with Crippen LogP contribution in [0, 0.1) is 12.7 Å². The average molecular weight is 297 g/mol. The maximum Gasteiger partial charge on any atom is 0.276 e. The van der Waals surface area contributed by atoms with Crippen molar-refractivity contribution in [2.45, 2.75) is 20.4 Å². The molecule has 3 N–H and O–H groups in total. The van der Waals surface area contributed by atoms with Gasteiger partial charge in [0.25, 0.3) is 5.91 Å². The molecule has 106 valence electrons. The summed E-state index contributed by atoms with van der Waals surface area (Å²) in [5, 5.41) is 6.93. The van der Waals surface area contributed by atoms with Gasteiger partial charge in [0.15, 0.2) is 0 Å². The van der Waals surface area contributed by atoms with E-state index in [0.29, 0.717) is 17.3 Å². The number of hydrogen-bond acceptors (Lipinski definition) is 3. The quantitative estimate of drug-likeness (QED) is 0.914. The van der Waals surface area contributed by atoms with Gasteiger partial charge in [0.2, 0.25) is 0 Å². The molecule has 0 aliphatic rings. The highest BCUT2D eigenvalue weighted by molar-refractivity contribution is 6.31. The highest BCUT2D eigenvalue weighted by Gasteiger charge is 2.20. The number of halogens is 2. The van der Waals surface area contributed by atoms with Crippen molar-refractivity contribution in [1.82, 2.24) is 9.78 Å². The lowest BCUT2D eigenvalue weighted by Crippen LogP contribution is -2.19. The molecule has 2 aromatic rings. The molecular weight excluding hydrogens is 283 g/mol. The fourth-order valence-corrected chi connectivity index (χ4v) is 2.01. The van der Waals surface area contributed by atoms with Crippen LogP contribution in [0.5, 0.6) is 0 Å². The molecule has 1 aromatic carbocycles. The highest BCUT2D eigenvalue weighted by atomic mass is 35.5. The van der Waals surface area contributed by atoms with Crippen molar-refractivity contribution in [1.29, 1.82) is 0 Å². The lowest BCUT2D eigenvalue weighted by Gasteiger charge is -2.08. The Morgan fingerprint density at radius 1 is 1.55 bits per heavy atom. The maximum absolute atomic E-state index is 13.6. The molecule has 0 saturated carbocycles. The van der Waals surface area contributed by atoms with E-state index in [9.17, 15) is 9.18 Å². The zero-order valence-corrected chi connectivity index (χ0v) is 11.8. The van der Waals surface area contributed by atoms with E-state index in [0.717, 1.165) is 0 Å². The van der Waals surface area contributed by atoms with Gasteiger partial charge in [-0.2, -0.15) is 5.10 Å². The first-order valence-corrected chi connectivity index (χ1v) is 6.41. The van der Waals surface area contributed by atoms with Gasteiger partial charge in [0.1, 0.15) is 11.5 Å². The molecule has 1 aromatic heterocycles. The van der Waals surface area contributed by atoms with Crippen LogP contribution in [-0.2, 0) is 6.54 Å². The second kappa shape index (κ2) is 5.50. The number of nitrogens with one attached hydrogen (secondary N) is 1. The minimum Gasteiger partial charge on any atom is -0.395 e. The Morgan fingerprint density at radius 2 is 2.25 bits per heavy atom. The van der Waals surface area contributed by atoms with Crippen molar-refractivity contribution < 1.29 is 9.18 Å². The summed E-state index contributed by atoms with van der Waals surface area (Å²) in [5.74, 6) is -1.09. The van der Waals surface area contributed by atoms with Crippen LogP contribution in [0.15, 0.2) is 18.2 Å². The summed E-state index contributed by atoms with van der Waals surface area (Å²) in [5.41, 5.74) is 6.90. The normalized spacial score (nSPS) is 10.6. The van der Waals surface area contributed by atoms with Crippen LogP contribution in [0.25, 0.3) is 0 Å². The number of carbonyl (C=O) groups excluding carboxylic acids is 1. The standard InChI is InChI=1S/C13H14ClFN4O/c1-3-19-12(11(16)7(2)18-19)13(20)17-10-6-8(14)4-5-9(10)15/h4-6H,3,16H2,1-2H3,(H,17,20). The smallest absolute Gasteiger partial charge is 0.276 e. The zero-order valence-electron chi connectivity index (χ0n) is 11.1. The lowest BCUT2D eigenvalue weighted by molar-refractivity contribution is 0.101. The third kappa shape index (κ3) is 2.60. The van der Waals surface area contributed by atoms with Gasteiger partial charge in [-0.3, -0.25) is 9.48 Å². The van der Waals surface area contributed by atoms with Crippen molar-refractivity contribution in [3.8, 4) is 0 Å². The topological polar surface area (TPSA) is 72.9 Å². The Labute approximate surface area is 120 Å². The van der Waals surface area contributed by atoms with E-state index in [1.807, 2.05) is 6.92 Å². The van der Waals surface area contributed by atoms with Crippen LogP contribution in [0.4, 0.5) is 15.8 Å². The predicted octanol–water partition coefficient (Wildman–Crippen LogP) is 2.84. The highest BCUT2D eigenvalue weighted by Crippen LogP contribution is 2.22.